The minimum atomic E-state index is -0.319. The molecule has 0 atom stereocenters. The summed E-state index contributed by atoms with van der Waals surface area (Å²) < 4.78 is 14.5. The minimum Gasteiger partial charge on any atom is -0.288 e. The van der Waals surface area contributed by atoms with E-state index in [0.29, 0.717) is 11.3 Å². The van der Waals surface area contributed by atoms with Crippen LogP contribution in [0.5, 0.6) is 0 Å². The van der Waals surface area contributed by atoms with Crippen LogP contribution in [0, 0.1) is 12.7 Å². The Labute approximate surface area is 105 Å². The van der Waals surface area contributed by atoms with Gasteiger partial charge in [-0.15, -0.1) is 0 Å². The van der Waals surface area contributed by atoms with Crippen molar-refractivity contribution >= 4 is 11.9 Å². The molecule has 0 amide bonds. The minimum absolute atomic E-state index is 0.151. The summed E-state index contributed by atoms with van der Waals surface area (Å²) in [4.78, 5) is 11.9. The summed E-state index contributed by atoms with van der Waals surface area (Å²) in [6, 6.07) is 7.80. The van der Waals surface area contributed by atoms with Gasteiger partial charge in [-0.25, -0.2) is 4.39 Å². The van der Waals surface area contributed by atoms with Gasteiger partial charge in [-0.1, -0.05) is 18.2 Å². The Morgan fingerprint density at radius 1 is 1.39 bits per heavy atom. The molecule has 3 nitrogen and oxygen atoms in total. The van der Waals surface area contributed by atoms with Crippen molar-refractivity contribution in [2.75, 3.05) is 0 Å². The lowest BCUT2D eigenvalue weighted by molar-refractivity contribution is 0.103. The van der Waals surface area contributed by atoms with Gasteiger partial charge in [-0.3, -0.25) is 9.48 Å². The van der Waals surface area contributed by atoms with Crippen LogP contribution in [-0.4, -0.2) is 15.6 Å². The molecule has 0 aliphatic carbocycles. The maximum absolute atomic E-state index is 12.9. The zero-order valence-corrected chi connectivity index (χ0v) is 10.2. The van der Waals surface area contributed by atoms with E-state index in [2.05, 4.69) is 5.10 Å². The Bertz CT molecular complexity index is 614. The standard InChI is InChI=1S/C14H13FN2O/c1-10-8-13(17(2)16-10)14(18)7-6-11-4-3-5-12(15)9-11/h3-9H,1-2H3/b7-6+. The third kappa shape index (κ3) is 2.71. The fraction of sp³-hybridized carbons (Fsp3) is 0.143. The van der Waals surface area contributed by atoms with E-state index in [0.717, 1.165) is 5.69 Å². The third-order valence-electron chi connectivity index (χ3n) is 2.53. The van der Waals surface area contributed by atoms with Gasteiger partial charge in [-0.05, 0) is 36.8 Å². The molecule has 2 aromatic rings. The van der Waals surface area contributed by atoms with Crippen LogP contribution in [-0.2, 0) is 7.05 Å². The van der Waals surface area contributed by atoms with E-state index in [4.69, 9.17) is 0 Å². The van der Waals surface area contributed by atoms with Crippen molar-refractivity contribution in [2.45, 2.75) is 6.92 Å². The first-order chi connectivity index (χ1) is 8.56. The molecule has 0 unspecified atom stereocenters. The van der Waals surface area contributed by atoms with Crippen molar-refractivity contribution in [3.8, 4) is 0 Å². The molecule has 0 aliphatic rings. The van der Waals surface area contributed by atoms with Crippen molar-refractivity contribution < 1.29 is 9.18 Å². The predicted octanol–water partition coefficient (Wildman–Crippen LogP) is 2.76. The van der Waals surface area contributed by atoms with Crippen molar-refractivity contribution in [3.05, 3.63) is 59.2 Å². The largest absolute Gasteiger partial charge is 0.288 e. The van der Waals surface area contributed by atoms with E-state index in [1.54, 1.807) is 31.3 Å². The summed E-state index contributed by atoms with van der Waals surface area (Å²) in [5, 5.41) is 4.10. The zero-order valence-electron chi connectivity index (χ0n) is 10.2. The Balaban J connectivity index is 2.19. The number of nitrogens with zero attached hydrogens (tertiary/aromatic N) is 2. The number of benzene rings is 1. The number of rotatable bonds is 3. The van der Waals surface area contributed by atoms with E-state index >= 15 is 0 Å². The van der Waals surface area contributed by atoms with Gasteiger partial charge in [0.15, 0.2) is 0 Å². The lowest BCUT2D eigenvalue weighted by atomic mass is 10.1. The molecule has 0 bridgehead atoms. The molecule has 1 aromatic carbocycles. The van der Waals surface area contributed by atoms with E-state index < -0.39 is 0 Å². The lowest BCUT2D eigenvalue weighted by Crippen LogP contribution is -2.03. The summed E-state index contributed by atoms with van der Waals surface area (Å²) in [7, 11) is 1.72. The molecule has 0 fully saturated rings. The molecule has 1 heterocycles. The first kappa shape index (κ1) is 12.2. The van der Waals surface area contributed by atoms with Gasteiger partial charge in [0, 0.05) is 7.05 Å². The van der Waals surface area contributed by atoms with Crippen LogP contribution < -0.4 is 0 Å². The summed E-state index contributed by atoms with van der Waals surface area (Å²) in [5.74, 6) is -0.469. The maximum atomic E-state index is 12.9. The SMILES string of the molecule is Cc1cc(C(=O)/C=C/c2cccc(F)c2)n(C)n1. The predicted molar refractivity (Wildman–Crippen MR) is 67.7 cm³/mol. The second kappa shape index (κ2) is 4.96. The van der Waals surface area contributed by atoms with Crippen molar-refractivity contribution in [3.63, 3.8) is 0 Å². The molecular weight excluding hydrogens is 231 g/mol. The zero-order chi connectivity index (χ0) is 13.1. The first-order valence-electron chi connectivity index (χ1n) is 5.55. The van der Waals surface area contributed by atoms with Crippen LogP contribution in [0.2, 0.25) is 0 Å². The smallest absolute Gasteiger partial charge is 0.203 e. The number of allylic oxidation sites excluding steroid dienone is 1. The molecule has 0 N–H and O–H groups in total. The highest BCUT2D eigenvalue weighted by Crippen LogP contribution is 2.08. The van der Waals surface area contributed by atoms with Crippen molar-refractivity contribution in [1.29, 1.82) is 0 Å². The highest BCUT2D eigenvalue weighted by molar-refractivity contribution is 6.05. The molecule has 1 aromatic heterocycles. The summed E-state index contributed by atoms with van der Waals surface area (Å²) in [6.07, 6.45) is 3.01. The first-order valence-corrected chi connectivity index (χ1v) is 5.55. The average Bonchev–Trinajstić information content (AvgIpc) is 2.66. The fourth-order valence-electron chi connectivity index (χ4n) is 1.71. The number of carbonyl (C=O) groups excluding carboxylic acids is 1. The van der Waals surface area contributed by atoms with Gasteiger partial charge < -0.3 is 0 Å². The molecule has 0 aliphatic heterocycles. The van der Waals surface area contributed by atoms with Crippen LogP contribution in [0.15, 0.2) is 36.4 Å². The van der Waals surface area contributed by atoms with Gasteiger partial charge >= 0.3 is 0 Å². The molecule has 0 saturated heterocycles. The van der Waals surface area contributed by atoms with E-state index in [-0.39, 0.29) is 11.6 Å². The van der Waals surface area contributed by atoms with Crippen LogP contribution in [0.25, 0.3) is 6.08 Å². The Kier molecular flexibility index (Phi) is 3.37. The van der Waals surface area contributed by atoms with Gasteiger partial charge in [-0.2, -0.15) is 5.10 Å². The van der Waals surface area contributed by atoms with Crippen LogP contribution in [0.3, 0.4) is 0 Å². The maximum Gasteiger partial charge on any atom is 0.203 e. The highest BCUT2D eigenvalue weighted by Gasteiger charge is 2.08. The number of hydrogen-bond donors (Lipinski definition) is 0. The second-order valence-corrected chi connectivity index (χ2v) is 4.05. The quantitative estimate of drug-likeness (QED) is 0.614. The number of hydrogen-bond acceptors (Lipinski definition) is 2. The molecule has 2 rings (SSSR count). The molecule has 0 spiro atoms. The molecule has 0 saturated carbocycles. The van der Waals surface area contributed by atoms with Gasteiger partial charge in [0.1, 0.15) is 11.5 Å². The summed E-state index contributed by atoms with van der Waals surface area (Å²) >= 11 is 0. The molecule has 92 valence electrons. The molecule has 4 heteroatoms. The van der Waals surface area contributed by atoms with Gasteiger partial charge in [0.25, 0.3) is 0 Å². The average molecular weight is 244 g/mol. The number of carbonyl (C=O) groups is 1. The van der Waals surface area contributed by atoms with Crippen LogP contribution in [0.1, 0.15) is 21.7 Å². The molecule has 0 radical (unpaired) electrons. The van der Waals surface area contributed by atoms with Gasteiger partial charge in [0.2, 0.25) is 5.78 Å². The molecular formula is C14H13FN2O. The topological polar surface area (TPSA) is 34.9 Å². The van der Waals surface area contributed by atoms with Crippen molar-refractivity contribution in [2.24, 2.45) is 7.05 Å². The summed E-state index contributed by atoms with van der Waals surface area (Å²) in [6.45, 7) is 1.83. The number of aryl methyl sites for hydroxylation is 2. The fourth-order valence-corrected chi connectivity index (χ4v) is 1.71. The normalized spacial score (nSPS) is 11.1. The monoisotopic (exact) mass is 244 g/mol. The molecule has 18 heavy (non-hydrogen) atoms. The number of aromatic nitrogens is 2. The highest BCUT2D eigenvalue weighted by atomic mass is 19.1. The number of ketones is 1. The number of halogens is 1. The summed E-state index contributed by atoms with van der Waals surface area (Å²) in [5.41, 5.74) is 1.96. The Morgan fingerprint density at radius 2 is 2.17 bits per heavy atom. The van der Waals surface area contributed by atoms with E-state index in [1.165, 1.54) is 22.9 Å². The van der Waals surface area contributed by atoms with E-state index in [1.807, 2.05) is 6.92 Å². The van der Waals surface area contributed by atoms with E-state index in [9.17, 15) is 9.18 Å². The Morgan fingerprint density at radius 3 is 2.78 bits per heavy atom. The Hall–Kier alpha value is -2.23. The van der Waals surface area contributed by atoms with Crippen LogP contribution >= 0.6 is 0 Å². The third-order valence-corrected chi connectivity index (χ3v) is 2.53. The lowest BCUT2D eigenvalue weighted by Gasteiger charge is -1.96. The second-order valence-electron chi connectivity index (χ2n) is 4.05. The van der Waals surface area contributed by atoms with Crippen LogP contribution in [0.4, 0.5) is 4.39 Å². The van der Waals surface area contributed by atoms with Crippen molar-refractivity contribution in [1.82, 2.24) is 9.78 Å². The van der Waals surface area contributed by atoms with Gasteiger partial charge in [0.05, 0.1) is 5.69 Å².